The molecule has 1 aliphatic rings. The third kappa shape index (κ3) is 3.74. The van der Waals surface area contributed by atoms with E-state index in [0.717, 1.165) is 18.1 Å². The molecule has 2 aromatic carbocycles. The minimum Gasteiger partial charge on any atom is -0.204 e. The molecule has 0 unspecified atom stereocenters. The highest BCUT2D eigenvalue weighted by atomic mass is 28.2. The lowest BCUT2D eigenvalue weighted by atomic mass is 9.79. The van der Waals surface area contributed by atoms with Crippen LogP contribution in [0.3, 0.4) is 0 Å². The van der Waals surface area contributed by atoms with E-state index in [4.69, 9.17) is 0 Å². The van der Waals surface area contributed by atoms with Crippen molar-refractivity contribution in [2.75, 3.05) is 0 Å². The van der Waals surface area contributed by atoms with Crippen molar-refractivity contribution in [1.29, 1.82) is 0 Å². The number of hydrogen-bond acceptors (Lipinski definition) is 0. The fourth-order valence-electron chi connectivity index (χ4n) is 3.86. The van der Waals surface area contributed by atoms with Gasteiger partial charge in [-0.05, 0) is 53.5 Å². The Morgan fingerprint density at radius 3 is 2.00 bits per heavy atom. The van der Waals surface area contributed by atoms with Gasteiger partial charge in [0.15, 0.2) is 17.5 Å². The summed E-state index contributed by atoms with van der Waals surface area (Å²) in [5, 5.41) is 0. The Morgan fingerprint density at radius 2 is 1.46 bits per heavy atom. The third-order valence-electron chi connectivity index (χ3n) is 5.24. The normalized spacial score (nSPS) is 21.5. The zero-order valence-electron chi connectivity index (χ0n) is 14.0. The highest BCUT2D eigenvalue weighted by Gasteiger charge is 2.21. The van der Waals surface area contributed by atoms with Crippen LogP contribution in [0.15, 0.2) is 36.4 Å². The lowest BCUT2D eigenvalue weighted by Crippen LogP contribution is -2.14. The molecule has 3 rings (SSSR count). The number of rotatable bonds is 4. The summed E-state index contributed by atoms with van der Waals surface area (Å²) in [5.41, 5.74) is 2.38. The first kappa shape index (κ1) is 17.3. The van der Waals surface area contributed by atoms with Gasteiger partial charge in [-0.2, -0.15) is 0 Å². The molecule has 0 heterocycles. The average molecular weight is 348 g/mol. The second-order valence-electron chi connectivity index (χ2n) is 6.88. The van der Waals surface area contributed by atoms with E-state index in [1.807, 2.05) is 24.3 Å². The van der Waals surface area contributed by atoms with Crippen LogP contribution in [0.1, 0.15) is 37.2 Å². The largest absolute Gasteiger partial charge is 0.204 e. The predicted molar refractivity (Wildman–Crippen MR) is 95.7 cm³/mol. The molecule has 0 atom stereocenters. The standard InChI is InChI=1S/C20H23F3Si/c1-24-12-13-2-4-14(5-3-13)15-6-8-16(9-7-15)17-10-18(21)20(23)19(22)11-17/h6-11,13-14H,2-5,12,24H2,1H3. The van der Waals surface area contributed by atoms with Crippen molar-refractivity contribution < 1.29 is 13.2 Å². The summed E-state index contributed by atoms with van der Waals surface area (Å²) in [6.45, 7) is 2.38. The smallest absolute Gasteiger partial charge is 0.194 e. The van der Waals surface area contributed by atoms with Crippen molar-refractivity contribution in [3.05, 3.63) is 59.4 Å². The Kier molecular flexibility index (Phi) is 5.44. The van der Waals surface area contributed by atoms with E-state index in [2.05, 4.69) is 6.55 Å². The molecule has 0 aliphatic heterocycles. The SMILES string of the molecule is C[SiH2]CC1CCC(c2ccc(-c3cc(F)c(F)c(F)c3)cc2)CC1. The van der Waals surface area contributed by atoms with Crippen LogP contribution in [0, 0.1) is 23.4 Å². The van der Waals surface area contributed by atoms with E-state index in [1.165, 1.54) is 37.3 Å². The Labute approximate surface area is 143 Å². The molecule has 0 radical (unpaired) electrons. The van der Waals surface area contributed by atoms with Gasteiger partial charge >= 0.3 is 0 Å². The van der Waals surface area contributed by atoms with E-state index in [1.54, 1.807) is 0 Å². The van der Waals surface area contributed by atoms with E-state index in [9.17, 15) is 13.2 Å². The Bertz CT molecular complexity index is 666. The van der Waals surface area contributed by atoms with E-state index in [0.29, 0.717) is 17.0 Å². The maximum atomic E-state index is 13.4. The summed E-state index contributed by atoms with van der Waals surface area (Å²) >= 11 is 0. The van der Waals surface area contributed by atoms with Gasteiger partial charge in [0.1, 0.15) is 0 Å². The summed E-state index contributed by atoms with van der Waals surface area (Å²) in [7, 11) is 0.157. The molecule has 0 spiro atoms. The topological polar surface area (TPSA) is 0 Å². The van der Waals surface area contributed by atoms with Gasteiger partial charge in [0.25, 0.3) is 0 Å². The molecule has 4 heteroatoms. The summed E-state index contributed by atoms with van der Waals surface area (Å²) in [6, 6.07) is 11.4. The summed E-state index contributed by atoms with van der Waals surface area (Å²) in [5.74, 6) is -2.18. The van der Waals surface area contributed by atoms with Crippen molar-refractivity contribution in [3.8, 4) is 11.1 Å². The molecule has 1 saturated carbocycles. The molecule has 128 valence electrons. The van der Waals surface area contributed by atoms with Crippen molar-refractivity contribution in [2.45, 2.75) is 44.2 Å². The van der Waals surface area contributed by atoms with Crippen LogP contribution < -0.4 is 0 Å². The molecule has 24 heavy (non-hydrogen) atoms. The fourth-order valence-corrected chi connectivity index (χ4v) is 5.26. The van der Waals surface area contributed by atoms with Crippen LogP contribution in [-0.4, -0.2) is 9.52 Å². The van der Waals surface area contributed by atoms with Crippen molar-refractivity contribution in [1.82, 2.24) is 0 Å². The Balaban J connectivity index is 1.72. The average Bonchev–Trinajstić information content (AvgIpc) is 2.60. The molecule has 1 fully saturated rings. The Hall–Kier alpha value is -1.55. The van der Waals surface area contributed by atoms with Crippen LogP contribution in [0.4, 0.5) is 13.2 Å². The van der Waals surface area contributed by atoms with Crippen LogP contribution in [0.5, 0.6) is 0 Å². The molecule has 0 N–H and O–H groups in total. The predicted octanol–water partition coefficient (Wildman–Crippen LogP) is 5.68. The van der Waals surface area contributed by atoms with E-state index in [-0.39, 0.29) is 9.52 Å². The van der Waals surface area contributed by atoms with Gasteiger partial charge in [-0.25, -0.2) is 13.2 Å². The van der Waals surface area contributed by atoms with Crippen LogP contribution >= 0.6 is 0 Å². The molecule has 0 nitrogen and oxygen atoms in total. The van der Waals surface area contributed by atoms with Crippen molar-refractivity contribution >= 4 is 9.52 Å². The molecule has 0 amide bonds. The highest BCUT2D eigenvalue weighted by Crippen LogP contribution is 2.37. The summed E-state index contributed by atoms with van der Waals surface area (Å²) in [4.78, 5) is 0. The first-order valence-electron chi connectivity index (χ1n) is 8.83. The first-order valence-corrected chi connectivity index (χ1v) is 11.2. The van der Waals surface area contributed by atoms with Crippen LogP contribution in [0.25, 0.3) is 11.1 Å². The lowest BCUT2D eigenvalue weighted by molar-refractivity contribution is 0.347. The Morgan fingerprint density at radius 1 is 0.875 bits per heavy atom. The molecule has 0 bridgehead atoms. The number of hydrogen-bond donors (Lipinski definition) is 0. The van der Waals surface area contributed by atoms with Crippen molar-refractivity contribution in [2.24, 2.45) is 5.92 Å². The highest BCUT2D eigenvalue weighted by molar-refractivity contribution is 6.33. The van der Waals surface area contributed by atoms with Gasteiger partial charge in [0.2, 0.25) is 0 Å². The second-order valence-corrected chi connectivity index (χ2v) is 8.46. The third-order valence-corrected chi connectivity index (χ3v) is 6.64. The zero-order chi connectivity index (χ0) is 17.1. The summed E-state index contributed by atoms with van der Waals surface area (Å²) in [6.07, 6.45) is 5.11. The maximum Gasteiger partial charge on any atom is 0.194 e. The van der Waals surface area contributed by atoms with E-state index < -0.39 is 17.5 Å². The van der Waals surface area contributed by atoms with Gasteiger partial charge in [-0.1, -0.05) is 49.7 Å². The monoisotopic (exact) mass is 348 g/mol. The second kappa shape index (κ2) is 7.56. The lowest BCUT2D eigenvalue weighted by Gasteiger charge is -2.28. The van der Waals surface area contributed by atoms with Gasteiger partial charge in [-0.3, -0.25) is 0 Å². The first-order chi connectivity index (χ1) is 11.6. The number of benzene rings is 2. The van der Waals surface area contributed by atoms with Gasteiger partial charge < -0.3 is 0 Å². The van der Waals surface area contributed by atoms with Crippen molar-refractivity contribution in [3.63, 3.8) is 0 Å². The minimum atomic E-state index is -1.41. The molecular weight excluding hydrogens is 325 g/mol. The van der Waals surface area contributed by atoms with E-state index >= 15 is 0 Å². The maximum absolute atomic E-state index is 13.4. The molecular formula is C20H23F3Si. The quantitative estimate of drug-likeness (QED) is 0.492. The fraction of sp³-hybridized carbons (Fsp3) is 0.400. The number of halogens is 3. The summed E-state index contributed by atoms with van der Waals surface area (Å²) < 4.78 is 39.8. The van der Waals surface area contributed by atoms with Crippen LogP contribution in [-0.2, 0) is 0 Å². The van der Waals surface area contributed by atoms with Gasteiger partial charge in [0, 0.05) is 9.52 Å². The zero-order valence-corrected chi connectivity index (χ0v) is 15.4. The molecule has 0 aromatic heterocycles. The molecule has 2 aromatic rings. The van der Waals surface area contributed by atoms with Gasteiger partial charge in [-0.15, -0.1) is 0 Å². The van der Waals surface area contributed by atoms with Crippen LogP contribution in [0.2, 0.25) is 12.6 Å². The minimum absolute atomic E-state index is 0.157. The molecule has 1 aliphatic carbocycles. The van der Waals surface area contributed by atoms with Gasteiger partial charge in [0.05, 0.1) is 0 Å². The molecule has 0 saturated heterocycles.